The molecule has 2 N–H and O–H groups in total. The van der Waals surface area contributed by atoms with E-state index in [4.69, 9.17) is 0 Å². The van der Waals surface area contributed by atoms with Gasteiger partial charge in [-0.15, -0.1) is 35.3 Å². The monoisotopic (exact) mass is 489 g/mol. The fourth-order valence-electron chi connectivity index (χ4n) is 3.04. The molecule has 146 valence electrons. The van der Waals surface area contributed by atoms with Crippen LogP contribution >= 0.6 is 35.3 Å². The molecule has 2 heterocycles. The molecule has 26 heavy (non-hydrogen) atoms. The lowest BCUT2D eigenvalue weighted by Crippen LogP contribution is -2.43. The molecule has 0 saturated carbocycles. The predicted octanol–water partition coefficient (Wildman–Crippen LogP) is 3.87. The third-order valence-electron chi connectivity index (χ3n) is 4.57. The number of nitrogens with zero attached hydrogens (tertiary/aromatic N) is 3. The van der Waals surface area contributed by atoms with E-state index in [1.807, 2.05) is 18.8 Å². The molecule has 7 heteroatoms. The second-order valence-corrected chi connectivity index (χ2v) is 7.79. The maximum Gasteiger partial charge on any atom is 0.191 e. The summed E-state index contributed by atoms with van der Waals surface area (Å²) < 4.78 is 2.01. The van der Waals surface area contributed by atoms with Crippen LogP contribution < -0.4 is 10.6 Å². The van der Waals surface area contributed by atoms with E-state index in [2.05, 4.69) is 65.9 Å². The van der Waals surface area contributed by atoms with Crippen molar-refractivity contribution < 1.29 is 0 Å². The van der Waals surface area contributed by atoms with Gasteiger partial charge in [-0.3, -0.25) is 9.67 Å². The number of guanidine groups is 1. The molecular weight excluding hydrogens is 457 g/mol. The van der Waals surface area contributed by atoms with E-state index in [1.54, 1.807) is 11.3 Å². The van der Waals surface area contributed by atoms with Gasteiger partial charge in [0.25, 0.3) is 0 Å². The van der Waals surface area contributed by atoms with E-state index in [0.717, 1.165) is 31.9 Å². The number of nitrogens with one attached hydrogen (secondary N) is 2. The van der Waals surface area contributed by atoms with Gasteiger partial charge in [-0.25, -0.2) is 0 Å². The van der Waals surface area contributed by atoms with Crippen molar-refractivity contribution in [2.45, 2.75) is 52.5 Å². The Kier molecular flexibility index (Phi) is 9.09. The fraction of sp³-hybridized carbons (Fsp3) is 0.579. The van der Waals surface area contributed by atoms with Crippen molar-refractivity contribution in [1.82, 2.24) is 20.4 Å². The van der Waals surface area contributed by atoms with Crippen molar-refractivity contribution in [2.24, 2.45) is 12.0 Å². The minimum Gasteiger partial charge on any atom is -0.356 e. The van der Waals surface area contributed by atoms with Crippen LogP contribution in [0.5, 0.6) is 0 Å². The molecule has 0 fully saturated rings. The van der Waals surface area contributed by atoms with Gasteiger partial charge in [0, 0.05) is 48.7 Å². The van der Waals surface area contributed by atoms with E-state index >= 15 is 0 Å². The highest BCUT2D eigenvalue weighted by atomic mass is 127. The normalized spacial score (nSPS) is 12.0. The van der Waals surface area contributed by atoms with Crippen molar-refractivity contribution in [2.75, 3.05) is 13.6 Å². The van der Waals surface area contributed by atoms with Crippen molar-refractivity contribution in [3.63, 3.8) is 0 Å². The quantitative estimate of drug-likeness (QED) is 0.353. The molecule has 0 amide bonds. The van der Waals surface area contributed by atoms with Crippen LogP contribution in [0.3, 0.4) is 0 Å². The average molecular weight is 489 g/mol. The van der Waals surface area contributed by atoms with E-state index in [1.165, 1.54) is 21.8 Å². The molecule has 5 nitrogen and oxygen atoms in total. The third kappa shape index (κ3) is 5.45. The Morgan fingerprint density at radius 3 is 2.54 bits per heavy atom. The molecule has 0 unspecified atom stereocenters. The number of hydrogen-bond donors (Lipinski definition) is 2. The lowest BCUT2D eigenvalue weighted by atomic mass is 9.91. The number of aromatic nitrogens is 2. The van der Waals surface area contributed by atoms with Crippen molar-refractivity contribution in [3.05, 3.63) is 39.3 Å². The highest BCUT2D eigenvalue weighted by Gasteiger charge is 2.22. The lowest BCUT2D eigenvalue weighted by Gasteiger charge is -2.25. The van der Waals surface area contributed by atoms with Crippen LogP contribution in [0.15, 0.2) is 22.5 Å². The zero-order valence-corrected chi connectivity index (χ0v) is 19.9. The summed E-state index contributed by atoms with van der Waals surface area (Å²) in [6, 6.07) is 4.30. The van der Waals surface area contributed by atoms with Gasteiger partial charge in [-0.1, -0.05) is 33.8 Å². The van der Waals surface area contributed by atoms with E-state index < -0.39 is 0 Å². The van der Waals surface area contributed by atoms with Crippen LogP contribution in [0.25, 0.3) is 0 Å². The second-order valence-electron chi connectivity index (χ2n) is 6.84. The molecule has 2 rings (SSSR count). The summed E-state index contributed by atoms with van der Waals surface area (Å²) in [5.41, 5.74) is 3.83. The first-order valence-electron chi connectivity index (χ1n) is 8.95. The van der Waals surface area contributed by atoms with E-state index in [-0.39, 0.29) is 29.4 Å². The fourth-order valence-corrected chi connectivity index (χ4v) is 3.89. The number of thiophene rings is 1. The maximum atomic E-state index is 4.64. The minimum absolute atomic E-state index is 0. The number of rotatable bonds is 7. The van der Waals surface area contributed by atoms with Gasteiger partial charge in [0.15, 0.2) is 5.96 Å². The first kappa shape index (κ1) is 23.0. The zero-order chi connectivity index (χ0) is 18.4. The summed E-state index contributed by atoms with van der Waals surface area (Å²) in [7, 11) is 3.84. The molecular formula is C19H32IN5S. The van der Waals surface area contributed by atoms with Crippen LogP contribution in [0.2, 0.25) is 0 Å². The average Bonchev–Trinajstić information content (AvgIpc) is 3.23. The molecule has 0 aliphatic rings. The standard InChI is InChI=1S/C19H31N5S.HI/c1-7-15-14(16(8-2)24(6)23-15)12-21-18(20-5)22-13-19(3,4)17-10-9-11-25-17;/h9-11H,7-8,12-13H2,1-6H3,(H2,20,21,22);1H. The summed E-state index contributed by atoms with van der Waals surface area (Å²) in [5.74, 6) is 0.831. The molecule has 2 aromatic rings. The summed E-state index contributed by atoms with van der Waals surface area (Å²) >= 11 is 1.80. The molecule has 2 aromatic heterocycles. The summed E-state index contributed by atoms with van der Waals surface area (Å²) in [5, 5.41) is 13.7. The van der Waals surface area contributed by atoms with Crippen LogP contribution in [-0.4, -0.2) is 29.3 Å². The van der Waals surface area contributed by atoms with Crippen LogP contribution in [0, 0.1) is 0 Å². The van der Waals surface area contributed by atoms with Crippen LogP contribution in [-0.2, 0) is 31.8 Å². The topological polar surface area (TPSA) is 54.2 Å². The number of halogens is 1. The number of hydrogen-bond acceptors (Lipinski definition) is 3. The number of aryl methyl sites for hydroxylation is 2. The van der Waals surface area contributed by atoms with Crippen molar-refractivity contribution in [3.8, 4) is 0 Å². The SMILES string of the molecule is CCc1nn(C)c(CC)c1CNC(=NC)NCC(C)(C)c1cccs1.I. The summed E-state index contributed by atoms with van der Waals surface area (Å²) in [6.45, 7) is 10.4. The van der Waals surface area contributed by atoms with Gasteiger partial charge in [-0.05, 0) is 24.3 Å². The van der Waals surface area contributed by atoms with Crippen molar-refractivity contribution >= 4 is 41.3 Å². The zero-order valence-electron chi connectivity index (χ0n) is 16.7. The van der Waals surface area contributed by atoms with Gasteiger partial charge in [-0.2, -0.15) is 5.10 Å². The molecule has 0 atom stereocenters. The molecule has 0 aliphatic carbocycles. The van der Waals surface area contributed by atoms with Crippen LogP contribution in [0.4, 0.5) is 0 Å². The van der Waals surface area contributed by atoms with Gasteiger partial charge in [0.05, 0.1) is 5.69 Å². The Balaban J connectivity index is 0.00000338. The highest BCUT2D eigenvalue weighted by Crippen LogP contribution is 2.26. The molecule has 0 aliphatic heterocycles. The van der Waals surface area contributed by atoms with Gasteiger partial charge in [0.1, 0.15) is 0 Å². The van der Waals surface area contributed by atoms with E-state index in [0.29, 0.717) is 0 Å². The van der Waals surface area contributed by atoms with E-state index in [9.17, 15) is 0 Å². The van der Waals surface area contributed by atoms with Crippen LogP contribution in [0.1, 0.15) is 49.5 Å². The largest absolute Gasteiger partial charge is 0.356 e. The van der Waals surface area contributed by atoms with Gasteiger partial charge < -0.3 is 10.6 Å². The molecule has 0 spiro atoms. The second kappa shape index (κ2) is 10.3. The molecule has 0 radical (unpaired) electrons. The molecule has 0 aromatic carbocycles. The Bertz CT molecular complexity index is 704. The Labute approximate surface area is 178 Å². The Hall–Kier alpha value is -1.09. The van der Waals surface area contributed by atoms with Gasteiger partial charge in [0.2, 0.25) is 0 Å². The first-order chi connectivity index (χ1) is 11.9. The minimum atomic E-state index is 0. The lowest BCUT2D eigenvalue weighted by molar-refractivity contribution is 0.518. The molecule has 0 bridgehead atoms. The maximum absolute atomic E-state index is 4.64. The predicted molar refractivity (Wildman–Crippen MR) is 123 cm³/mol. The third-order valence-corrected chi connectivity index (χ3v) is 5.81. The Morgan fingerprint density at radius 2 is 2.00 bits per heavy atom. The summed E-state index contributed by atoms with van der Waals surface area (Å²) in [4.78, 5) is 5.75. The number of aliphatic imine (C=N–C) groups is 1. The van der Waals surface area contributed by atoms with Crippen molar-refractivity contribution in [1.29, 1.82) is 0 Å². The molecule has 0 saturated heterocycles. The highest BCUT2D eigenvalue weighted by molar-refractivity contribution is 14.0. The first-order valence-corrected chi connectivity index (χ1v) is 9.83. The Morgan fingerprint density at radius 1 is 1.27 bits per heavy atom. The van der Waals surface area contributed by atoms with Gasteiger partial charge >= 0.3 is 0 Å². The summed E-state index contributed by atoms with van der Waals surface area (Å²) in [6.07, 6.45) is 1.93. The smallest absolute Gasteiger partial charge is 0.191 e.